The van der Waals surface area contributed by atoms with Gasteiger partial charge in [-0.25, -0.2) is 0 Å². The van der Waals surface area contributed by atoms with E-state index in [1.807, 2.05) is 0 Å². The van der Waals surface area contributed by atoms with Gasteiger partial charge in [-0.1, -0.05) is 23.2 Å². The van der Waals surface area contributed by atoms with Crippen LogP contribution in [0, 0.1) is 0 Å². The molecule has 0 bridgehead atoms. The Labute approximate surface area is 187 Å². The summed E-state index contributed by atoms with van der Waals surface area (Å²) >= 11 is 11.6. The van der Waals surface area contributed by atoms with Crippen molar-refractivity contribution < 1.29 is 34.2 Å². The first-order chi connectivity index (χ1) is 14.5. The predicted molar refractivity (Wildman–Crippen MR) is 110 cm³/mol. The second kappa shape index (κ2) is 10.5. The second-order valence-electron chi connectivity index (χ2n) is 7.02. The molecule has 0 spiro atoms. The van der Waals surface area contributed by atoms with E-state index in [0.29, 0.717) is 19.1 Å². The Bertz CT molecular complexity index is 885. The summed E-state index contributed by atoms with van der Waals surface area (Å²) in [5.41, 5.74) is 0.0330. The maximum Gasteiger partial charge on any atom is 0.305 e. The summed E-state index contributed by atoms with van der Waals surface area (Å²) in [7, 11) is 0. The minimum atomic E-state index is -1.25. The molecule has 1 aliphatic heterocycles. The van der Waals surface area contributed by atoms with Crippen LogP contribution in [0.15, 0.2) is 12.1 Å². The van der Waals surface area contributed by atoms with Crippen LogP contribution < -0.4 is 10.6 Å². The number of likely N-dealkylation sites (tertiary alicyclic amines) is 1. The highest BCUT2D eigenvalue weighted by molar-refractivity contribution is 6.37. The van der Waals surface area contributed by atoms with Crippen LogP contribution in [0.25, 0.3) is 0 Å². The number of halogens is 2. The molecule has 1 aliphatic rings. The Morgan fingerprint density at radius 1 is 1.23 bits per heavy atom. The highest BCUT2D eigenvalue weighted by Gasteiger charge is 2.37. The van der Waals surface area contributed by atoms with Gasteiger partial charge in [0, 0.05) is 12.1 Å². The fraction of sp³-hybridized carbons (Fsp3) is 0.421. The van der Waals surface area contributed by atoms with Crippen molar-refractivity contribution in [3.63, 3.8) is 0 Å². The molecule has 4 N–H and O–H groups in total. The Balaban J connectivity index is 2.05. The standard InChI is InChI=1S/C19H21Cl2N3O7/c1-9(22-17(29)10-5-12(20)16(28)13(21)6-10)19(31)24-4-2-3-14(24)18(30)23-11(8-25)7-15(26)27/h5-6,8-9,11,14,28H,2-4,7H2,1H3,(H,22,29)(H,23,30)(H,26,27)/t9-,11?,14-/m0/s1. The van der Waals surface area contributed by atoms with E-state index in [-0.39, 0.29) is 27.9 Å². The summed E-state index contributed by atoms with van der Waals surface area (Å²) in [6.45, 7) is 1.70. The molecule has 2 rings (SSSR count). The van der Waals surface area contributed by atoms with Gasteiger partial charge in [0.15, 0.2) is 5.75 Å². The first kappa shape index (κ1) is 24.4. The van der Waals surface area contributed by atoms with Gasteiger partial charge in [-0.3, -0.25) is 19.2 Å². The van der Waals surface area contributed by atoms with Crippen LogP contribution in [0.5, 0.6) is 5.75 Å². The lowest BCUT2D eigenvalue weighted by atomic mass is 10.1. The molecule has 168 valence electrons. The average Bonchev–Trinajstić information content (AvgIpc) is 3.19. The number of hydrogen-bond acceptors (Lipinski definition) is 6. The summed E-state index contributed by atoms with van der Waals surface area (Å²) < 4.78 is 0. The first-order valence-corrected chi connectivity index (χ1v) is 10.1. The number of phenols is 1. The van der Waals surface area contributed by atoms with E-state index in [2.05, 4.69) is 10.6 Å². The van der Waals surface area contributed by atoms with E-state index < -0.39 is 48.2 Å². The number of nitrogens with zero attached hydrogens (tertiary/aromatic N) is 1. The largest absolute Gasteiger partial charge is 0.505 e. The van der Waals surface area contributed by atoms with E-state index in [1.165, 1.54) is 24.0 Å². The molecule has 0 saturated carbocycles. The predicted octanol–water partition coefficient (Wildman–Crippen LogP) is 0.967. The number of benzene rings is 1. The summed E-state index contributed by atoms with van der Waals surface area (Å²) in [4.78, 5) is 60.8. The second-order valence-corrected chi connectivity index (χ2v) is 7.84. The van der Waals surface area contributed by atoms with Gasteiger partial charge in [-0.05, 0) is 31.9 Å². The number of hydrogen-bond donors (Lipinski definition) is 4. The fourth-order valence-corrected chi connectivity index (χ4v) is 3.68. The Morgan fingerprint density at radius 3 is 2.39 bits per heavy atom. The number of carboxylic acid groups (broad SMARTS) is 1. The van der Waals surface area contributed by atoms with Crippen LogP contribution in [-0.2, 0) is 19.2 Å². The molecule has 12 heteroatoms. The van der Waals surface area contributed by atoms with Crippen molar-refractivity contribution in [3.8, 4) is 5.75 Å². The maximum atomic E-state index is 12.8. The van der Waals surface area contributed by atoms with Gasteiger partial charge in [-0.15, -0.1) is 0 Å². The van der Waals surface area contributed by atoms with Gasteiger partial charge in [0.25, 0.3) is 5.91 Å². The fourth-order valence-electron chi connectivity index (χ4n) is 3.19. The number of aromatic hydroxyl groups is 1. The molecule has 1 saturated heterocycles. The van der Waals surface area contributed by atoms with Gasteiger partial charge in [0.05, 0.1) is 22.5 Å². The Hall–Kier alpha value is -2.85. The van der Waals surface area contributed by atoms with Gasteiger partial charge in [-0.2, -0.15) is 0 Å². The van der Waals surface area contributed by atoms with Crippen molar-refractivity contribution in [2.24, 2.45) is 0 Å². The quantitative estimate of drug-likeness (QED) is 0.410. The maximum absolute atomic E-state index is 12.8. The van der Waals surface area contributed by atoms with Crippen molar-refractivity contribution >= 4 is 53.2 Å². The molecular weight excluding hydrogens is 453 g/mol. The molecular formula is C19H21Cl2N3O7. The van der Waals surface area contributed by atoms with Crippen molar-refractivity contribution in [2.45, 2.75) is 44.3 Å². The SMILES string of the molecule is C[C@H](NC(=O)c1cc(Cl)c(O)c(Cl)c1)C(=O)N1CCC[C@H]1C(=O)NC(C=O)CC(=O)O. The number of amides is 3. The Morgan fingerprint density at radius 2 is 1.84 bits per heavy atom. The molecule has 10 nitrogen and oxygen atoms in total. The smallest absolute Gasteiger partial charge is 0.305 e. The molecule has 0 radical (unpaired) electrons. The molecule has 0 aromatic heterocycles. The molecule has 1 fully saturated rings. The summed E-state index contributed by atoms with van der Waals surface area (Å²) in [6.07, 6.45) is 0.614. The lowest BCUT2D eigenvalue weighted by Gasteiger charge is -2.27. The van der Waals surface area contributed by atoms with Crippen LogP contribution in [0.3, 0.4) is 0 Å². The number of aldehydes is 1. The van der Waals surface area contributed by atoms with E-state index >= 15 is 0 Å². The lowest BCUT2D eigenvalue weighted by Crippen LogP contribution is -2.54. The molecule has 0 aliphatic carbocycles. The molecule has 3 amide bonds. The third kappa shape index (κ3) is 6.08. The van der Waals surface area contributed by atoms with Crippen molar-refractivity contribution in [3.05, 3.63) is 27.7 Å². The number of nitrogens with one attached hydrogen (secondary N) is 2. The number of carbonyl (C=O) groups is 5. The first-order valence-electron chi connectivity index (χ1n) is 9.32. The van der Waals surface area contributed by atoms with Crippen LogP contribution >= 0.6 is 23.2 Å². The third-order valence-electron chi connectivity index (χ3n) is 4.72. The van der Waals surface area contributed by atoms with Crippen molar-refractivity contribution in [1.82, 2.24) is 15.5 Å². The number of carbonyl (C=O) groups excluding carboxylic acids is 4. The molecule has 3 atom stereocenters. The van der Waals surface area contributed by atoms with E-state index in [1.54, 1.807) is 0 Å². The average molecular weight is 474 g/mol. The summed E-state index contributed by atoms with van der Waals surface area (Å²) in [5, 5.41) is 22.9. The van der Waals surface area contributed by atoms with Gasteiger partial charge in [0.1, 0.15) is 18.4 Å². The zero-order valence-electron chi connectivity index (χ0n) is 16.4. The minimum absolute atomic E-state index is 0.0330. The van der Waals surface area contributed by atoms with Crippen LogP contribution in [0.2, 0.25) is 10.0 Å². The third-order valence-corrected chi connectivity index (χ3v) is 5.30. The van der Waals surface area contributed by atoms with Crippen LogP contribution in [-0.4, -0.2) is 69.8 Å². The monoisotopic (exact) mass is 473 g/mol. The number of aliphatic carboxylic acids is 1. The summed E-state index contributed by atoms with van der Waals surface area (Å²) in [6, 6.07) is -0.704. The van der Waals surface area contributed by atoms with Crippen molar-refractivity contribution in [2.75, 3.05) is 6.54 Å². The van der Waals surface area contributed by atoms with Gasteiger partial charge >= 0.3 is 5.97 Å². The normalized spacial score (nSPS) is 17.5. The van der Waals surface area contributed by atoms with Crippen LogP contribution in [0.4, 0.5) is 0 Å². The number of carboxylic acids is 1. The molecule has 1 aromatic rings. The molecule has 31 heavy (non-hydrogen) atoms. The van der Waals surface area contributed by atoms with E-state index in [0.717, 1.165) is 0 Å². The van der Waals surface area contributed by atoms with Crippen LogP contribution in [0.1, 0.15) is 36.5 Å². The van der Waals surface area contributed by atoms with E-state index in [9.17, 15) is 29.1 Å². The molecule has 1 heterocycles. The van der Waals surface area contributed by atoms with Crippen molar-refractivity contribution in [1.29, 1.82) is 0 Å². The lowest BCUT2D eigenvalue weighted by molar-refractivity contribution is -0.141. The molecule has 1 aromatic carbocycles. The summed E-state index contributed by atoms with van der Waals surface area (Å²) in [5.74, 6) is -3.44. The van der Waals surface area contributed by atoms with E-state index in [4.69, 9.17) is 28.3 Å². The zero-order chi connectivity index (χ0) is 23.3. The zero-order valence-corrected chi connectivity index (χ0v) is 17.9. The number of phenolic OH excluding ortho intramolecular Hbond substituents is 1. The molecule has 1 unspecified atom stereocenters. The Kier molecular flexibility index (Phi) is 8.23. The number of rotatable bonds is 8. The topological polar surface area (TPSA) is 153 Å². The van der Waals surface area contributed by atoms with Gasteiger partial charge < -0.3 is 30.5 Å². The van der Waals surface area contributed by atoms with Gasteiger partial charge in [0.2, 0.25) is 11.8 Å². The highest BCUT2D eigenvalue weighted by atomic mass is 35.5. The minimum Gasteiger partial charge on any atom is -0.505 e. The highest BCUT2D eigenvalue weighted by Crippen LogP contribution is 2.32.